The maximum Gasteiger partial charge on any atom is 0.414 e. The van der Waals surface area contributed by atoms with Crippen LogP contribution in [0.25, 0.3) is 11.3 Å². The summed E-state index contributed by atoms with van der Waals surface area (Å²) in [7, 11) is 1.72. The summed E-state index contributed by atoms with van der Waals surface area (Å²) in [6.45, 7) is 9.46. The minimum absolute atomic E-state index is 0.652. The fourth-order valence-corrected chi connectivity index (χ4v) is 2.52. The maximum absolute atomic E-state index is 9.10. The summed E-state index contributed by atoms with van der Waals surface area (Å²) >= 11 is 0. The molecule has 0 bridgehead atoms. The smallest absolute Gasteiger partial charge is 0.414 e. The number of methoxy groups -OCH3 is 1. The van der Waals surface area contributed by atoms with Crippen molar-refractivity contribution in [1.82, 2.24) is 9.55 Å². The molecule has 0 spiro atoms. The molecule has 1 aromatic heterocycles. The van der Waals surface area contributed by atoms with E-state index in [2.05, 4.69) is 40.8 Å². The Labute approximate surface area is 176 Å². The molecule has 1 aromatic carbocycles. The van der Waals surface area contributed by atoms with Crippen LogP contribution in [0.1, 0.15) is 27.2 Å². The van der Waals surface area contributed by atoms with Gasteiger partial charge in [0, 0.05) is 25.8 Å². The Bertz CT molecular complexity index is 775. The third-order valence-electron chi connectivity index (χ3n) is 4.02. The number of aliphatic carboxylic acids is 2. The quantitative estimate of drug-likeness (QED) is 0.500. The van der Waals surface area contributed by atoms with E-state index >= 15 is 0 Å². The first-order valence-corrected chi connectivity index (χ1v) is 9.77. The van der Waals surface area contributed by atoms with Gasteiger partial charge in [-0.3, -0.25) is 0 Å². The van der Waals surface area contributed by atoms with Crippen LogP contribution < -0.4 is 10.1 Å². The fourth-order valence-electron chi connectivity index (χ4n) is 2.52. The van der Waals surface area contributed by atoms with E-state index in [0.717, 1.165) is 42.5 Å². The summed E-state index contributed by atoms with van der Waals surface area (Å²) in [6.07, 6.45) is 3.04. The van der Waals surface area contributed by atoms with Crippen molar-refractivity contribution in [3.8, 4) is 17.0 Å². The molecule has 0 aliphatic carbocycles. The number of hydrogen-bond donors (Lipinski definition) is 3. The van der Waals surface area contributed by atoms with Gasteiger partial charge in [0.2, 0.25) is 5.95 Å². The van der Waals surface area contributed by atoms with Crippen molar-refractivity contribution < 1.29 is 29.3 Å². The van der Waals surface area contributed by atoms with Gasteiger partial charge in [-0.1, -0.05) is 13.8 Å². The van der Waals surface area contributed by atoms with Gasteiger partial charge in [0.05, 0.1) is 25.1 Å². The maximum atomic E-state index is 9.10. The Hall–Kier alpha value is -3.07. The lowest BCUT2D eigenvalue weighted by Gasteiger charge is -2.14. The number of carboxylic acid groups (broad SMARTS) is 2. The molecular formula is C21H31N3O6. The Morgan fingerprint density at radius 1 is 1.17 bits per heavy atom. The molecule has 0 atom stereocenters. The minimum Gasteiger partial charge on any atom is -0.494 e. The zero-order valence-corrected chi connectivity index (χ0v) is 17.9. The van der Waals surface area contributed by atoms with Gasteiger partial charge >= 0.3 is 11.9 Å². The van der Waals surface area contributed by atoms with Crippen LogP contribution in [-0.4, -0.2) is 58.6 Å². The second-order valence-electron chi connectivity index (χ2n) is 6.79. The Kier molecular flexibility index (Phi) is 11.0. The molecule has 0 aliphatic heterocycles. The van der Waals surface area contributed by atoms with E-state index in [1.54, 1.807) is 7.11 Å². The number of nitrogens with zero attached hydrogens (tertiary/aromatic N) is 2. The van der Waals surface area contributed by atoms with Gasteiger partial charge in [0.1, 0.15) is 5.75 Å². The highest BCUT2D eigenvalue weighted by Crippen LogP contribution is 2.25. The first-order chi connectivity index (χ1) is 14.3. The number of imidazole rings is 1. The third kappa shape index (κ3) is 8.52. The lowest BCUT2D eigenvalue weighted by atomic mass is 10.1. The first kappa shape index (κ1) is 25.0. The van der Waals surface area contributed by atoms with Crippen molar-refractivity contribution in [2.75, 3.05) is 32.2 Å². The number of hydrogen-bond acceptors (Lipinski definition) is 6. The number of rotatable bonds is 10. The van der Waals surface area contributed by atoms with Gasteiger partial charge in [0.25, 0.3) is 0 Å². The normalized spacial score (nSPS) is 10.3. The molecule has 9 heteroatoms. The molecule has 0 unspecified atom stereocenters. The zero-order valence-electron chi connectivity index (χ0n) is 17.9. The first-order valence-electron chi connectivity index (χ1n) is 9.77. The Morgan fingerprint density at radius 2 is 1.80 bits per heavy atom. The molecule has 9 nitrogen and oxygen atoms in total. The number of carbonyl (C=O) groups is 2. The summed E-state index contributed by atoms with van der Waals surface area (Å²) in [4.78, 5) is 22.8. The highest BCUT2D eigenvalue weighted by atomic mass is 16.5. The van der Waals surface area contributed by atoms with E-state index in [1.165, 1.54) is 0 Å². The molecule has 0 amide bonds. The lowest BCUT2D eigenvalue weighted by molar-refractivity contribution is -0.159. The van der Waals surface area contributed by atoms with Crippen molar-refractivity contribution >= 4 is 17.9 Å². The molecule has 3 N–H and O–H groups in total. The summed E-state index contributed by atoms with van der Waals surface area (Å²) in [5.74, 6) is -1.19. The van der Waals surface area contributed by atoms with Crippen molar-refractivity contribution in [3.63, 3.8) is 0 Å². The van der Waals surface area contributed by atoms with Crippen LogP contribution in [0.5, 0.6) is 5.75 Å². The van der Waals surface area contributed by atoms with Gasteiger partial charge in [-0.15, -0.1) is 0 Å². The average Bonchev–Trinajstić information content (AvgIpc) is 3.10. The molecule has 0 radical (unpaired) electrons. The van der Waals surface area contributed by atoms with E-state index in [4.69, 9.17) is 29.3 Å². The predicted octanol–water partition coefficient (Wildman–Crippen LogP) is 3.21. The molecule has 2 rings (SSSR count). The highest BCUT2D eigenvalue weighted by molar-refractivity contribution is 6.27. The molecule has 1 heterocycles. The van der Waals surface area contributed by atoms with Gasteiger partial charge in [-0.25, -0.2) is 14.6 Å². The molecule has 0 fully saturated rings. The highest BCUT2D eigenvalue weighted by Gasteiger charge is 2.12. The molecule has 0 saturated heterocycles. The van der Waals surface area contributed by atoms with Crippen LogP contribution in [0.15, 0.2) is 30.5 Å². The van der Waals surface area contributed by atoms with Crippen molar-refractivity contribution in [1.29, 1.82) is 0 Å². The van der Waals surface area contributed by atoms with Crippen LogP contribution >= 0.6 is 0 Å². The van der Waals surface area contributed by atoms with E-state index in [0.29, 0.717) is 19.1 Å². The lowest BCUT2D eigenvalue weighted by Crippen LogP contribution is -2.13. The summed E-state index contributed by atoms with van der Waals surface area (Å²) in [5.41, 5.74) is 2.21. The number of ether oxygens (including phenoxy) is 2. The minimum atomic E-state index is -1.82. The summed E-state index contributed by atoms with van der Waals surface area (Å²) in [6, 6.07) is 8.14. The molecule has 30 heavy (non-hydrogen) atoms. The van der Waals surface area contributed by atoms with E-state index in [9.17, 15) is 0 Å². The van der Waals surface area contributed by atoms with Gasteiger partial charge in [-0.05, 0) is 43.5 Å². The number of aromatic nitrogens is 2. The molecular weight excluding hydrogens is 390 g/mol. The van der Waals surface area contributed by atoms with Crippen LogP contribution in [0.2, 0.25) is 0 Å². The zero-order chi connectivity index (χ0) is 22.5. The van der Waals surface area contributed by atoms with E-state index in [1.807, 2.05) is 25.3 Å². The van der Waals surface area contributed by atoms with Crippen LogP contribution in [-0.2, 0) is 20.9 Å². The van der Waals surface area contributed by atoms with Crippen molar-refractivity contribution in [2.45, 2.75) is 33.7 Å². The largest absolute Gasteiger partial charge is 0.494 e. The second-order valence-corrected chi connectivity index (χ2v) is 6.79. The standard InChI is InChI=1S/C19H29N3O2.C2H2O4/c1-5-24-17-8-6-16(7-9-17)18-14-21-19(20-11-10-15(2)3)22(18)12-13-23-4;3-1(4)2(5)6/h6-9,14-15H,5,10-13H2,1-4H3,(H,20,21);(H,3,4)(H,5,6). The number of nitrogens with one attached hydrogen (secondary N) is 1. The number of benzene rings is 1. The molecule has 166 valence electrons. The molecule has 0 aliphatic rings. The van der Waals surface area contributed by atoms with Crippen LogP contribution in [0.4, 0.5) is 5.95 Å². The monoisotopic (exact) mass is 421 g/mol. The van der Waals surface area contributed by atoms with E-state index < -0.39 is 11.9 Å². The number of carboxylic acids is 2. The van der Waals surface area contributed by atoms with Crippen molar-refractivity contribution in [2.24, 2.45) is 5.92 Å². The van der Waals surface area contributed by atoms with Gasteiger partial charge in [-0.2, -0.15) is 0 Å². The average molecular weight is 421 g/mol. The van der Waals surface area contributed by atoms with Crippen molar-refractivity contribution in [3.05, 3.63) is 30.5 Å². The van der Waals surface area contributed by atoms with E-state index in [-0.39, 0.29) is 0 Å². The number of anilines is 1. The summed E-state index contributed by atoms with van der Waals surface area (Å²) in [5, 5.41) is 18.2. The topological polar surface area (TPSA) is 123 Å². The van der Waals surface area contributed by atoms with Gasteiger partial charge in [0.15, 0.2) is 0 Å². The van der Waals surface area contributed by atoms with Gasteiger partial charge < -0.3 is 29.6 Å². The SMILES string of the molecule is CCOc1ccc(-c2cnc(NCCC(C)C)n2CCOC)cc1.O=C(O)C(=O)O. The fraction of sp³-hybridized carbons (Fsp3) is 0.476. The summed E-state index contributed by atoms with van der Waals surface area (Å²) < 4.78 is 13.0. The Morgan fingerprint density at radius 3 is 2.30 bits per heavy atom. The third-order valence-corrected chi connectivity index (χ3v) is 4.02. The van der Waals surface area contributed by atoms with Crippen LogP contribution in [0, 0.1) is 5.92 Å². The van der Waals surface area contributed by atoms with Crippen LogP contribution in [0.3, 0.4) is 0 Å². The molecule has 0 saturated carbocycles. The second kappa shape index (κ2) is 13.2. The Balaban J connectivity index is 0.000000656. The predicted molar refractivity (Wildman–Crippen MR) is 114 cm³/mol. The molecule has 2 aromatic rings.